The van der Waals surface area contributed by atoms with E-state index in [-0.39, 0.29) is 0 Å². The number of carbonyl (C=O) groups is 2. The fraction of sp³-hybridized carbons (Fsp3) is 0.174. The van der Waals surface area contributed by atoms with Crippen LogP contribution in [0.2, 0.25) is 0 Å². The number of nitrogens with one attached hydrogen (secondary N) is 1. The fourth-order valence-electron chi connectivity index (χ4n) is 3.25. The van der Waals surface area contributed by atoms with Crippen LogP contribution in [0.1, 0.15) is 16.8 Å². The fourth-order valence-corrected chi connectivity index (χ4v) is 4.86. The van der Waals surface area contributed by atoms with Crippen LogP contribution < -0.4 is 9.62 Å². The first-order valence-electron chi connectivity index (χ1n) is 9.95. The average molecular weight is 502 g/mol. The zero-order valence-corrected chi connectivity index (χ0v) is 20.3. The monoisotopic (exact) mass is 501 g/mol. The summed E-state index contributed by atoms with van der Waals surface area (Å²) in [6, 6.07) is 16.7. The van der Waals surface area contributed by atoms with E-state index in [9.17, 15) is 19.2 Å². The molecule has 172 valence electrons. The highest BCUT2D eigenvalue weighted by molar-refractivity contribution is 8.64. The molecular weight excluding hydrogens is 478 g/mol. The topological polar surface area (TPSA) is 106 Å². The van der Waals surface area contributed by atoms with Crippen LogP contribution in [0.25, 0.3) is 11.1 Å². The van der Waals surface area contributed by atoms with Gasteiger partial charge in [0.1, 0.15) is 33.8 Å². The van der Waals surface area contributed by atoms with E-state index in [1.807, 2.05) is 36.6 Å². The van der Waals surface area contributed by atoms with Gasteiger partial charge < -0.3 is 15.0 Å². The Balaban J connectivity index is 2.04. The van der Waals surface area contributed by atoms with Gasteiger partial charge in [0.25, 0.3) is 5.91 Å². The van der Waals surface area contributed by atoms with E-state index in [2.05, 4.69) is 22.0 Å². The van der Waals surface area contributed by atoms with Gasteiger partial charge in [-0.25, -0.2) is 4.79 Å². The minimum absolute atomic E-state index is 0.314. The Kier molecular flexibility index (Phi) is 9.07. The number of hydrogen-bond donors (Lipinski definition) is 3. The van der Waals surface area contributed by atoms with E-state index < -0.39 is 28.3 Å². The number of hydrogen-bond acceptors (Lipinski definition) is 7. The maximum absolute atomic E-state index is 13.1. The van der Waals surface area contributed by atoms with Crippen molar-refractivity contribution in [1.82, 2.24) is 10.3 Å². The predicted molar refractivity (Wildman–Crippen MR) is 137 cm³/mol. The van der Waals surface area contributed by atoms with Gasteiger partial charge in [-0.15, -0.1) is 0 Å². The zero-order chi connectivity index (χ0) is 23.8. The summed E-state index contributed by atoms with van der Waals surface area (Å²) in [6.45, 7) is 0. The summed E-state index contributed by atoms with van der Waals surface area (Å²) in [6.07, 6.45) is 5.38. The van der Waals surface area contributed by atoms with Crippen LogP contribution >= 0.6 is 23.4 Å². The van der Waals surface area contributed by atoms with Crippen LogP contribution in [0.5, 0.6) is 0 Å². The molecule has 10 heteroatoms. The standard InChI is InChI=1S/C23H23N3O4S3/c1-32-13-11-21(23(28)29)25-22(27)19-10-9-17(14-20(19)16-6-3-2-4-7-16)26(33(30)31)18-8-5-12-24-15-18/h2-10,12,14-15,21H,11,13H2,1H3,(H,25,27)(H,28,29)(H,30,31). The first-order chi connectivity index (χ1) is 15.9. The second kappa shape index (κ2) is 12.0. The molecule has 0 bridgehead atoms. The van der Waals surface area contributed by atoms with E-state index in [1.54, 1.807) is 42.7 Å². The van der Waals surface area contributed by atoms with Gasteiger partial charge in [0, 0.05) is 11.8 Å². The SMILES string of the molecule is CSCCC(NC(=O)c1ccc(N(c2cccnc2)[S+]([O-])S)cc1-c1ccccc1)C(=O)O. The summed E-state index contributed by atoms with van der Waals surface area (Å²) < 4.78 is 13.9. The lowest BCUT2D eigenvalue weighted by Gasteiger charge is -2.23. The molecule has 2 atom stereocenters. The van der Waals surface area contributed by atoms with Crippen LogP contribution in [0.4, 0.5) is 11.4 Å². The number of carbonyl (C=O) groups excluding carboxylic acids is 1. The lowest BCUT2D eigenvalue weighted by Crippen LogP contribution is -2.41. The number of thiol groups is 1. The van der Waals surface area contributed by atoms with E-state index in [1.165, 1.54) is 16.1 Å². The Morgan fingerprint density at radius 2 is 1.94 bits per heavy atom. The third kappa shape index (κ3) is 6.44. The van der Waals surface area contributed by atoms with Crippen LogP contribution in [-0.2, 0) is 15.2 Å². The van der Waals surface area contributed by atoms with E-state index in [4.69, 9.17) is 0 Å². The number of aromatic nitrogens is 1. The van der Waals surface area contributed by atoms with Crippen molar-refractivity contribution >= 4 is 57.1 Å². The maximum Gasteiger partial charge on any atom is 0.326 e. The number of aliphatic carboxylic acids is 1. The molecule has 0 aliphatic heterocycles. The van der Waals surface area contributed by atoms with Crippen LogP contribution in [-0.4, -0.2) is 44.6 Å². The molecule has 0 spiro atoms. The first-order valence-corrected chi connectivity index (χ1v) is 13.5. The molecule has 3 aromatic rings. The van der Waals surface area contributed by atoms with Crippen LogP contribution in [0.15, 0.2) is 73.1 Å². The van der Waals surface area contributed by atoms with Gasteiger partial charge in [-0.3, -0.25) is 9.78 Å². The number of nitrogens with zero attached hydrogens (tertiary/aromatic N) is 2. The number of carboxylic acid groups (broad SMARTS) is 1. The molecular formula is C23H23N3O4S3. The number of rotatable bonds is 10. The predicted octanol–water partition coefficient (Wildman–Crippen LogP) is 4.33. The van der Waals surface area contributed by atoms with Gasteiger partial charge in [-0.1, -0.05) is 30.3 Å². The van der Waals surface area contributed by atoms with Crippen LogP contribution in [0, 0.1) is 0 Å². The molecule has 7 nitrogen and oxygen atoms in total. The van der Waals surface area contributed by atoms with Crippen molar-refractivity contribution in [1.29, 1.82) is 0 Å². The van der Waals surface area contributed by atoms with E-state index >= 15 is 0 Å². The molecule has 0 radical (unpaired) electrons. The van der Waals surface area contributed by atoms with Gasteiger partial charge in [0.05, 0.1) is 11.9 Å². The molecule has 2 unspecified atom stereocenters. The summed E-state index contributed by atoms with van der Waals surface area (Å²) in [5, 5.41) is 12.1. The van der Waals surface area contributed by atoms with E-state index in [0.717, 1.165) is 5.56 Å². The Hall–Kier alpha value is -2.66. The summed E-state index contributed by atoms with van der Waals surface area (Å²) in [5.41, 5.74) is 2.77. The third-order valence-corrected chi connectivity index (χ3v) is 6.69. The molecule has 0 saturated carbocycles. The molecule has 3 rings (SSSR count). The Morgan fingerprint density at radius 1 is 1.18 bits per heavy atom. The van der Waals surface area contributed by atoms with Crippen molar-refractivity contribution in [3.63, 3.8) is 0 Å². The van der Waals surface area contributed by atoms with Crippen molar-refractivity contribution in [2.75, 3.05) is 16.3 Å². The molecule has 1 heterocycles. The molecule has 1 aromatic heterocycles. The van der Waals surface area contributed by atoms with Crippen molar-refractivity contribution in [2.45, 2.75) is 12.5 Å². The highest BCUT2D eigenvalue weighted by Gasteiger charge is 2.25. The normalized spacial score (nSPS) is 12.6. The lowest BCUT2D eigenvalue weighted by molar-refractivity contribution is -0.139. The largest absolute Gasteiger partial charge is 0.581 e. The Labute approximate surface area is 204 Å². The van der Waals surface area contributed by atoms with E-state index in [0.29, 0.717) is 34.7 Å². The number of thioether (sulfide) groups is 1. The van der Waals surface area contributed by atoms with Crippen molar-refractivity contribution in [3.05, 3.63) is 78.6 Å². The lowest BCUT2D eigenvalue weighted by atomic mass is 9.98. The van der Waals surface area contributed by atoms with Crippen molar-refractivity contribution in [2.24, 2.45) is 0 Å². The Bertz CT molecular complexity index is 1080. The average Bonchev–Trinajstić information content (AvgIpc) is 2.82. The molecule has 2 aromatic carbocycles. The number of anilines is 2. The highest BCUT2D eigenvalue weighted by Crippen LogP contribution is 2.35. The number of amides is 1. The molecule has 0 aliphatic rings. The summed E-state index contributed by atoms with van der Waals surface area (Å²) >= 11 is 5.64. The van der Waals surface area contributed by atoms with Gasteiger partial charge in [0.2, 0.25) is 0 Å². The molecule has 2 N–H and O–H groups in total. The van der Waals surface area contributed by atoms with Gasteiger partial charge >= 0.3 is 5.97 Å². The molecule has 0 aliphatic carbocycles. The van der Waals surface area contributed by atoms with Gasteiger partial charge in [-0.2, -0.15) is 16.1 Å². The smallest absolute Gasteiger partial charge is 0.326 e. The molecule has 33 heavy (non-hydrogen) atoms. The van der Waals surface area contributed by atoms with Crippen LogP contribution in [0.3, 0.4) is 0 Å². The number of carboxylic acids is 1. The van der Waals surface area contributed by atoms with Crippen molar-refractivity contribution in [3.8, 4) is 11.1 Å². The number of benzene rings is 2. The summed E-state index contributed by atoms with van der Waals surface area (Å²) in [7, 11) is -1.70. The Morgan fingerprint density at radius 3 is 2.55 bits per heavy atom. The maximum atomic E-state index is 13.1. The highest BCUT2D eigenvalue weighted by atomic mass is 33.1. The molecule has 0 saturated heterocycles. The second-order valence-corrected chi connectivity index (χ2v) is 9.73. The zero-order valence-electron chi connectivity index (χ0n) is 17.7. The minimum Gasteiger partial charge on any atom is -0.581 e. The minimum atomic E-state index is -1.70. The summed E-state index contributed by atoms with van der Waals surface area (Å²) in [4.78, 5) is 28.8. The third-order valence-electron chi connectivity index (χ3n) is 4.82. The van der Waals surface area contributed by atoms with Gasteiger partial charge in [0.15, 0.2) is 0 Å². The second-order valence-electron chi connectivity index (χ2n) is 6.98. The quantitative estimate of drug-likeness (QED) is 0.216. The van der Waals surface area contributed by atoms with Gasteiger partial charge in [-0.05, 0) is 59.9 Å². The molecule has 0 fully saturated rings. The molecule has 1 amide bonds. The first kappa shape index (κ1) is 25.0. The van der Waals surface area contributed by atoms with Crippen molar-refractivity contribution < 1.29 is 19.2 Å². The summed E-state index contributed by atoms with van der Waals surface area (Å²) in [5.74, 6) is -0.965. The number of pyridine rings is 1.